The van der Waals surface area contributed by atoms with Gasteiger partial charge in [-0.1, -0.05) is 36.7 Å². The van der Waals surface area contributed by atoms with Gasteiger partial charge in [0.05, 0.1) is 58.3 Å². The van der Waals surface area contributed by atoms with Crippen LogP contribution in [-0.4, -0.2) is 87.2 Å². The molecule has 10 heteroatoms. The molecule has 1 aliphatic rings. The van der Waals surface area contributed by atoms with E-state index in [0.29, 0.717) is 52.7 Å². The van der Waals surface area contributed by atoms with E-state index in [-0.39, 0.29) is 30.2 Å². The SMILES string of the molecule is C#CCOCCOCCOCCC1CNC(=O)[N+](CCC)=C1SCC(=O)NCc1ccc(OC)cc1. The number of hydrogen-bond acceptors (Lipinski definition) is 7. The fourth-order valence-corrected chi connectivity index (χ4v) is 4.65. The molecule has 1 heterocycles. The molecule has 3 amide bonds. The number of nitrogens with one attached hydrogen (secondary N) is 2. The number of ether oxygens (including phenoxy) is 4. The molecule has 1 aromatic carbocycles. The number of urea groups is 1. The number of amides is 3. The third kappa shape index (κ3) is 11.0. The molecule has 1 aliphatic heterocycles. The largest absolute Gasteiger partial charge is 0.497 e. The van der Waals surface area contributed by atoms with Crippen molar-refractivity contribution in [2.24, 2.45) is 5.92 Å². The molecule has 0 aromatic heterocycles. The molecule has 1 aromatic rings. The minimum Gasteiger partial charge on any atom is -0.497 e. The highest BCUT2D eigenvalue weighted by Gasteiger charge is 2.34. The van der Waals surface area contributed by atoms with E-state index in [1.165, 1.54) is 11.8 Å². The summed E-state index contributed by atoms with van der Waals surface area (Å²) in [7, 11) is 1.62. The summed E-state index contributed by atoms with van der Waals surface area (Å²) in [6, 6.07) is 7.46. The van der Waals surface area contributed by atoms with E-state index in [0.717, 1.165) is 29.2 Å². The van der Waals surface area contributed by atoms with Crippen LogP contribution >= 0.6 is 11.8 Å². The molecule has 2 N–H and O–H groups in total. The number of carbonyl (C=O) groups excluding carboxylic acids is 2. The summed E-state index contributed by atoms with van der Waals surface area (Å²) in [6.07, 6.45) is 6.68. The van der Waals surface area contributed by atoms with Crippen LogP contribution in [0.25, 0.3) is 0 Å². The Hall–Kier alpha value is -2.58. The summed E-state index contributed by atoms with van der Waals surface area (Å²) < 4.78 is 23.2. The van der Waals surface area contributed by atoms with Crippen LogP contribution in [0.3, 0.4) is 0 Å². The van der Waals surface area contributed by atoms with Crippen LogP contribution in [0.15, 0.2) is 24.3 Å². The summed E-state index contributed by atoms with van der Waals surface area (Å²) in [4.78, 5) is 25.0. The Balaban J connectivity index is 1.80. The van der Waals surface area contributed by atoms with Crippen molar-refractivity contribution in [3.8, 4) is 18.1 Å². The van der Waals surface area contributed by atoms with Crippen molar-refractivity contribution in [1.82, 2.24) is 10.6 Å². The number of rotatable bonds is 17. The Morgan fingerprint density at radius 3 is 2.53 bits per heavy atom. The fraction of sp³-hybridized carbons (Fsp3) is 0.577. The molecule has 2 rings (SSSR count). The van der Waals surface area contributed by atoms with Gasteiger partial charge in [-0.15, -0.1) is 6.42 Å². The number of benzene rings is 1. The zero-order valence-corrected chi connectivity index (χ0v) is 22.1. The van der Waals surface area contributed by atoms with Crippen LogP contribution in [0.2, 0.25) is 0 Å². The topological polar surface area (TPSA) is 98.1 Å². The highest BCUT2D eigenvalue weighted by atomic mass is 32.2. The maximum absolute atomic E-state index is 12.5. The highest BCUT2D eigenvalue weighted by molar-refractivity contribution is 8.14. The van der Waals surface area contributed by atoms with Gasteiger partial charge < -0.3 is 24.3 Å². The Morgan fingerprint density at radius 2 is 1.86 bits per heavy atom. The van der Waals surface area contributed by atoms with Crippen molar-refractivity contribution in [3.05, 3.63) is 29.8 Å². The zero-order chi connectivity index (χ0) is 26.0. The average molecular weight is 521 g/mol. The number of thioether (sulfide) groups is 1. The van der Waals surface area contributed by atoms with Crippen LogP contribution in [0, 0.1) is 18.3 Å². The molecule has 0 bridgehead atoms. The van der Waals surface area contributed by atoms with Gasteiger partial charge in [0, 0.05) is 13.2 Å². The summed E-state index contributed by atoms with van der Waals surface area (Å²) in [5.41, 5.74) is 0.991. The monoisotopic (exact) mass is 520 g/mol. The van der Waals surface area contributed by atoms with Gasteiger partial charge in [0.25, 0.3) is 0 Å². The summed E-state index contributed by atoms with van der Waals surface area (Å²) >= 11 is 1.43. The van der Waals surface area contributed by atoms with Crippen LogP contribution in [0.1, 0.15) is 25.3 Å². The molecule has 0 fully saturated rings. The molecule has 1 atom stereocenters. The lowest BCUT2D eigenvalue weighted by Gasteiger charge is -2.23. The minimum absolute atomic E-state index is 0.0795. The van der Waals surface area contributed by atoms with Gasteiger partial charge in [-0.2, -0.15) is 9.37 Å². The maximum atomic E-state index is 12.5. The van der Waals surface area contributed by atoms with E-state index in [2.05, 4.69) is 16.6 Å². The minimum atomic E-state index is -0.115. The van der Waals surface area contributed by atoms with E-state index in [4.69, 9.17) is 25.4 Å². The second-order valence-electron chi connectivity index (χ2n) is 8.06. The standard InChI is InChI=1S/C26H37N3O6S/c1-4-11-29-25(36-20-24(30)27-18-21-6-8-23(32-3)9-7-21)22(19-28-26(29)31)10-13-34-15-17-35-16-14-33-12-5-2/h2,6-9,22H,4,10-20H2,1,3H3,(H-,27,28,30,31)/p+1. The average Bonchev–Trinajstić information content (AvgIpc) is 2.90. The van der Waals surface area contributed by atoms with E-state index in [1.807, 2.05) is 31.2 Å². The Labute approximate surface area is 218 Å². The summed E-state index contributed by atoms with van der Waals surface area (Å²) in [5.74, 6) is 3.43. The summed E-state index contributed by atoms with van der Waals surface area (Å²) in [5, 5.41) is 6.83. The Morgan fingerprint density at radius 1 is 1.17 bits per heavy atom. The normalized spacial score (nSPS) is 15.4. The molecule has 0 aliphatic carbocycles. The predicted octanol–water partition coefficient (Wildman–Crippen LogP) is 2.28. The molecule has 0 spiro atoms. The second-order valence-corrected chi connectivity index (χ2v) is 9.05. The van der Waals surface area contributed by atoms with Crippen LogP contribution in [-0.2, 0) is 25.5 Å². The lowest BCUT2D eigenvalue weighted by Crippen LogP contribution is -2.48. The predicted molar refractivity (Wildman–Crippen MR) is 141 cm³/mol. The van der Waals surface area contributed by atoms with Crippen molar-refractivity contribution < 1.29 is 33.1 Å². The lowest BCUT2D eigenvalue weighted by molar-refractivity contribution is -0.432. The second kappa shape index (κ2) is 17.8. The first-order chi connectivity index (χ1) is 17.6. The molecule has 9 nitrogen and oxygen atoms in total. The summed E-state index contributed by atoms with van der Waals surface area (Å²) in [6.45, 7) is 6.30. The first kappa shape index (κ1) is 29.6. The van der Waals surface area contributed by atoms with Crippen LogP contribution in [0.5, 0.6) is 5.75 Å². The van der Waals surface area contributed by atoms with Crippen molar-refractivity contribution in [1.29, 1.82) is 0 Å². The van der Waals surface area contributed by atoms with Crippen LogP contribution < -0.4 is 15.4 Å². The van der Waals surface area contributed by atoms with Gasteiger partial charge in [0.1, 0.15) is 17.4 Å². The Bertz CT molecular complexity index is 885. The fourth-order valence-electron chi connectivity index (χ4n) is 3.50. The van der Waals surface area contributed by atoms with Crippen molar-refractivity contribution in [2.75, 3.05) is 65.6 Å². The number of carbonyl (C=O) groups is 2. The smallest absolute Gasteiger partial charge is 0.491 e. The van der Waals surface area contributed by atoms with Gasteiger partial charge in [-0.05, 0) is 30.5 Å². The zero-order valence-electron chi connectivity index (χ0n) is 21.3. The van der Waals surface area contributed by atoms with Gasteiger partial charge in [0.2, 0.25) is 5.91 Å². The van der Waals surface area contributed by atoms with E-state index < -0.39 is 0 Å². The van der Waals surface area contributed by atoms with Gasteiger partial charge in [-0.3, -0.25) is 4.79 Å². The Kier molecular flexibility index (Phi) is 14.6. The molecule has 0 saturated carbocycles. The van der Waals surface area contributed by atoms with Crippen molar-refractivity contribution in [2.45, 2.75) is 26.3 Å². The molecular weight excluding hydrogens is 482 g/mol. The number of hydrogen-bond donors (Lipinski definition) is 2. The number of methoxy groups -OCH3 is 1. The van der Waals surface area contributed by atoms with Gasteiger partial charge in [0.15, 0.2) is 0 Å². The van der Waals surface area contributed by atoms with Crippen molar-refractivity contribution in [3.63, 3.8) is 0 Å². The lowest BCUT2D eigenvalue weighted by atomic mass is 10.1. The van der Waals surface area contributed by atoms with Gasteiger partial charge in [-0.25, -0.2) is 5.32 Å². The molecule has 36 heavy (non-hydrogen) atoms. The molecule has 1 unspecified atom stereocenters. The third-order valence-corrected chi connectivity index (χ3v) is 6.60. The number of terminal acetylenes is 1. The first-order valence-corrected chi connectivity index (χ1v) is 13.2. The van der Waals surface area contributed by atoms with E-state index in [9.17, 15) is 9.59 Å². The first-order valence-electron chi connectivity index (χ1n) is 12.2. The highest BCUT2D eigenvalue weighted by Crippen LogP contribution is 2.20. The van der Waals surface area contributed by atoms with Crippen molar-refractivity contribution >= 4 is 28.7 Å². The molecule has 198 valence electrons. The van der Waals surface area contributed by atoms with Crippen LogP contribution in [0.4, 0.5) is 4.79 Å². The van der Waals surface area contributed by atoms with E-state index >= 15 is 0 Å². The molecule has 0 saturated heterocycles. The quantitative estimate of drug-likeness (QED) is 0.185. The molecular formula is C26H38N3O6S+. The van der Waals surface area contributed by atoms with E-state index in [1.54, 1.807) is 11.7 Å². The van der Waals surface area contributed by atoms with Gasteiger partial charge >= 0.3 is 6.03 Å². The maximum Gasteiger partial charge on any atom is 0.491 e. The molecule has 0 radical (unpaired) electrons. The number of nitrogens with zero attached hydrogens (tertiary/aromatic N) is 1. The third-order valence-electron chi connectivity index (χ3n) is 5.35.